The van der Waals surface area contributed by atoms with Gasteiger partial charge in [-0.15, -0.1) is 0 Å². The van der Waals surface area contributed by atoms with Gasteiger partial charge in [0.1, 0.15) is 5.75 Å². The summed E-state index contributed by atoms with van der Waals surface area (Å²) in [7, 11) is 1.72. The second-order valence-electron chi connectivity index (χ2n) is 6.08. The summed E-state index contributed by atoms with van der Waals surface area (Å²) in [5, 5.41) is 0. The van der Waals surface area contributed by atoms with Crippen LogP contribution in [0.5, 0.6) is 5.75 Å². The van der Waals surface area contributed by atoms with Crippen LogP contribution in [0.15, 0.2) is 24.3 Å². The van der Waals surface area contributed by atoms with E-state index in [4.69, 9.17) is 4.74 Å². The largest absolute Gasteiger partial charge is 0.497 e. The molecular weight excluding hydrogens is 288 g/mol. The van der Waals surface area contributed by atoms with Crippen LogP contribution in [0.4, 0.5) is 0 Å². The van der Waals surface area contributed by atoms with Gasteiger partial charge in [-0.05, 0) is 29.9 Å². The van der Waals surface area contributed by atoms with E-state index < -0.39 is 0 Å². The second-order valence-corrected chi connectivity index (χ2v) is 7.19. The Morgan fingerprint density at radius 2 is 1.32 bits per heavy atom. The molecule has 0 fully saturated rings. The van der Waals surface area contributed by atoms with Crippen molar-refractivity contribution in [1.82, 2.24) is 0 Å². The SMILES string of the molecule is CCCCCCCCCCCCSCc1ccc(OC)cc1. The zero-order valence-electron chi connectivity index (χ0n) is 14.6. The summed E-state index contributed by atoms with van der Waals surface area (Å²) in [5.41, 5.74) is 1.40. The maximum absolute atomic E-state index is 5.18. The lowest BCUT2D eigenvalue weighted by Gasteiger charge is -2.04. The Kier molecular flexibility index (Phi) is 12.4. The average molecular weight is 323 g/mol. The molecule has 1 nitrogen and oxygen atoms in total. The number of unbranched alkanes of at least 4 members (excludes halogenated alkanes) is 9. The van der Waals surface area contributed by atoms with Crippen LogP contribution < -0.4 is 4.74 Å². The highest BCUT2D eigenvalue weighted by Gasteiger charge is 1.96. The van der Waals surface area contributed by atoms with Crippen molar-refractivity contribution in [3.8, 4) is 5.75 Å². The van der Waals surface area contributed by atoms with Crippen molar-refractivity contribution in [1.29, 1.82) is 0 Å². The molecule has 0 aliphatic carbocycles. The third-order valence-corrected chi connectivity index (χ3v) is 5.18. The zero-order chi connectivity index (χ0) is 15.9. The van der Waals surface area contributed by atoms with Crippen LogP contribution in [-0.2, 0) is 5.75 Å². The van der Waals surface area contributed by atoms with Crippen LogP contribution in [-0.4, -0.2) is 12.9 Å². The number of hydrogen-bond acceptors (Lipinski definition) is 2. The smallest absolute Gasteiger partial charge is 0.118 e. The summed E-state index contributed by atoms with van der Waals surface area (Å²) in [6.45, 7) is 2.28. The first-order chi connectivity index (χ1) is 10.9. The number of ether oxygens (including phenoxy) is 1. The van der Waals surface area contributed by atoms with Crippen molar-refractivity contribution in [2.45, 2.75) is 76.9 Å². The maximum atomic E-state index is 5.18. The summed E-state index contributed by atoms with van der Waals surface area (Å²) in [6, 6.07) is 8.45. The minimum Gasteiger partial charge on any atom is -0.497 e. The first-order valence-corrected chi connectivity index (χ1v) is 10.2. The third kappa shape index (κ3) is 10.2. The van der Waals surface area contributed by atoms with E-state index in [2.05, 4.69) is 43.0 Å². The van der Waals surface area contributed by atoms with Crippen molar-refractivity contribution in [3.63, 3.8) is 0 Å². The molecule has 0 saturated carbocycles. The Hall–Kier alpha value is -0.630. The lowest BCUT2D eigenvalue weighted by atomic mass is 10.1. The Morgan fingerprint density at radius 1 is 0.773 bits per heavy atom. The third-order valence-electron chi connectivity index (χ3n) is 4.07. The molecule has 0 atom stereocenters. The van der Waals surface area contributed by atoms with Crippen molar-refractivity contribution in [3.05, 3.63) is 29.8 Å². The molecule has 0 saturated heterocycles. The van der Waals surface area contributed by atoms with Gasteiger partial charge in [-0.1, -0.05) is 76.8 Å². The predicted octanol–water partition coefficient (Wildman–Crippen LogP) is 6.85. The summed E-state index contributed by atoms with van der Waals surface area (Å²) in [6.07, 6.45) is 14.2. The molecule has 0 aromatic heterocycles. The van der Waals surface area contributed by atoms with Crippen molar-refractivity contribution >= 4 is 11.8 Å². The minimum atomic E-state index is 0.948. The fourth-order valence-corrected chi connectivity index (χ4v) is 3.58. The van der Waals surface area contributed by atoms with Gasteiger partial charge in [-0.3, -0.25) is 0 Å². The topological polar surface area (TPSA) is 9.23 Å². The molecule has 1 aromatic carbocycles. The van der Waals surface area contributed by atoms with Gasteiger partial charge in [0.15, 0.2) is 0 Å². The number of thioether (sulfide) groups is 1. The molecule has 0 unspecified atom stereocenters. The van der Waals surface area contributed by atoms with Crippen LogP contribution in [0, 0.1) is 0 Å². The van der Waals surface area contributed by atoms with Crippen molar-refractivity contribution < 1.29 is 4.74 Å². The van der Waals surface area contributed by atoms with E-state index in [9.17, 15) is 0 Å². The molecule has 0 N–H and O–H groups in total. The van der Waals surface area contributed by atoms with E-state index >= 15 is 0 Å². The highest BCUT2D eigenvalue weighted by atomic mass is 32.2. The first kappa shape index (κ1) is 19.4. The van der Waals surface area contributed by atoms with Gasteiger partial charge in [0, 0.05) is 5.75 Å². The molecule has 0 aliphatic heterocycles. The van der Waals surface area contributed by atoms with Gasteiger partial charge in [-0.2, -0.15) is 11.8 Å². The summed E-state index contributed by atoms with van der Waals surface area (Å²) in [4.78, 5) is 0. The van der Waals surface area contributed by atoms with Gasteiger partial charge >= 0.3 is 0 Å². The van der Waals surface area contributed by atoms with Crippen LogP contribution in [0.1, 0.15) is 76.7 Å². The normalized spacial score (nSPS) is 10.8. The van der Waals surface area contributed by atoms with E-state index in [0.29, 0.717) is 0 Å². The quantitative estimate of drug-likeness (QED) is 0.346. The van der Waals surface area contributed by atoms with E-state index in [1.807, 2.05) is 0 Å². The molecule has 126 valence electrons. The number of hydrogen-bond donors (Lipinski definition) is 0. The molecule has 1 rings (SSSR count). The van der Waals surface area contributed by atoms with E-state index in [1.165, 1.54) is 75.5 Å². The Bertz CT molecular complexity index is 347. The van der Waals surface area contributed by atoms with E-state index in [1.54, 1.807) is 7.11 Å². The van der Waals surface area contributed by atoms with Crippen molar-refractivity contribution in [2.75, 3.05) is 12.9 Å². The molecule has 0 heterocycles. The Balaban J connectivity index is 1.85. The van der Waals surface area contributed by atoms with Gasteiger partial charge in [0.2, 0.25) is 0 Å². The van der Waals surface area contributed by atoms with Crippen molar-refractivity contribution in [2.24, 2.45) is 0 Å². The van der Waals surface area contributed by atoms with E-state index in [-0.39, 0.29) is 0 Å². The highest BCUT2D eigenvalue weighted by Crippen LogP contribution is 2.18. The van der Waals surface area contributed by atoms with Gasteiger partial charge in [-0.25, -0.2) is 0 Å². The molecule has 0 bridgehead atoms. The van der Waals surface area contributed by atoms with Gasteiger partial charge in [0.05, 0.1) is 7.11 Å². The van der Waals surface area contributed by atoms with Crippen LogP contribution >= 0.6 is 11.8 Å². The fourth-order valence-electron chi connectivity index (χ4n) is 2.60. The zero-order valence-corrected chi connectivity index (χ0v) is 15.4. The Morgan fingerprint density at radius 3 is 1.86 bits per heavy atom. The second kappa shape index (κ2) is 14.0. The van der Waals surface area contributed by atoms with Crippen LogP contribution in [0.25, 0.3) is 0 Å². The molecule has 0 amide bonds. The van der Waals surface area contributed by atoms with Crippen LogP contribution in [0.2, 0.25) is 0 Å². The predicted molar refractivity (Wildman–Crippen MR) is 101 cm³/mol. The van der Waals surface area contributed by atoms with E-state index in [0.717, 1.165) is 11.5 Å². The van der Waals surface area contributed by atoms with Crippen LogP contribution in [0.3, 0.4) is 0 Å². The minimum absolute atomic E-state index is 0.948. The molecule has 1 aromatic rings. The average Bonchev–Trinajstić information content (AvgIpc) is 2.56. The summed E-state index contributed by atoms with van der Waals surface area (Å²) < 4.78 is 5.18. The highest BCUT2D eigenvalue weighted by molar-refractivity contribution is 7.98. The molecule has 22 heavy (non-hydrogen) atoms. The molecule has 0 spiro atoms. The fraction of sp³-hybridized carbons (Fsp3) is 0.700. The summed E-state index contributed by atoms with van der Waals surface area (Å²) in [5.74, 6) is 3.37. The maximum Gasteiger partial charge on any atom is 0.118 e. The van der Waals surface area contributed by atoms with Gasteiger partial charge in [0.25, 0.3) is 0 Å². The number of benzene rings is 1. The Labute approximate surface area is 142 Å². The first-order valence-electron chi connectivity index (χ1n) is 9.07. The lowest BCUT2D eigenvalue weighted by Crippen LogP contribution is -1.87. The number of rotatable bonds is 14. The lowest BCUT2D eigenvalue weighted by molar-refractivity contribution is 0.414. The van der Waals surface area contributed by atoms with Gasteiger partial charge < -0.3 is 4.74 Å². The molecular formula is C20H34OS. The monoisotopic (exact) mass is 322 g/mol. The molecule has 0 radical (unpaired) electrons. The summed E-state index contributed by atoms with van der Waals surface area (Å²) >= 11 is 2.06. The molecule has 0 aliphatic rings. The standard InChI is InChI=1S/C20H34OS/c1-3-4-5-6-7-8-9-10-11-12-17-22-18-19-13-15-20(21-2)16-14-19/h13-16H,3-12,17-18H2,1-2H3. The molecule has 2 heteroatoms. The number of methoxy groups -OCH3 is 1.